The molecule has 0 saturated carbocycles. The maximum Gasteiger partial charge on any atom is 0.349 e. The van der Waals surface area contributed by atoms with Gasteiger partial charge in [0.05, 0.1) is 12.5 Å². The number of carbonyl (C=O) groups excluding carboxylic acids is 1. The van der Waals surface area contributed by atoms with Crippen LogP contribution in [0.25, 0.3) is 0 Å². The highest BCUT2D eigenvalue weighted by atomic mass is 79.9. The van der Waals surface area contributed by atoms with Crippen molar-refractivity contribution in [1.82, 2.24) is 0 Å². The molecule has 0 radical (unpaired) electrons. The third kappa shape index (κ3) is 7.55. The first kappa shape index (κ1) is 28.1. The number of fused-ring (bicyclic) bond motifs is 1. The van der Waals surface area contributed by atoms with E-state index in [4.69, 9.17) is 24.7 Å². The van der Waals surface area contributed by atoms with Gasteiger partial charge in [0, 0.05) is 16.1 Å². The number of nitrogens with two attached hydrogens (primary N) is 1. The molecule has 1 aliphatic heterocycles. The molecule has 8 heteroatoms. The van der Waals surface area contributed by atoms with Gasteiger partial charge in [0.15, 0.2) is 6.61 Å². The van der Waals surface area contributed by atoms with E-state index in [1.807, 2.05) is 36.4 Å². The molecular weight excluding hydrogens is 560 g/mol. The molecule has 1 heterocycles. The maximum atomic E-state index is 12.4. The summed E-state index contributed by atoms with van der Waals surface area (Å²) in [7, 11) is 0. The normalized spacial score (nSPS) is 14.1. The van der Waals surface area contributed by atoms with Crippen LogP contribution in [0.3, 0.4) is 0 Å². The molecule has 0 saturated heterocycles. The van der Waals surface area contributed by atoms with Gasteiger partial charge in [0.1, 0.15) is 34.6 Å². The van der Waals surface area contributed by atoms with Gasteiger partial charge in [-0.2, -0.15) is 5.26 Å². The van der Waals surface area contributed by atoms with Gasteiger partial charge in [-0.1, -0.05) is 66.7 Å². The molecule has 2 N–H and O–H groups in total. The minimum absolute atomic E-state index is 0.0180. The molecule has 0 spiro atoms. The van der Waals surface area contributed by atoms with Crippen molar-refractivity contribution in [3.05, 3.63) is 93.8 Å². The van der Waals surface area contributed by atoms with Gasteiger partial charge in [0.25, 0.3) is 0 Å². The molecular formula is C31H31BrN2O5. The molecule has 0 aliphatic carbocycles. The summed E-state index contributed by atoms with van der Waals surface area (Å²) < 4.78 is 23.5. The average Bonchev–Trinajstić information content (AvgIpc) is 2.94. The highest BCUT2D eigenvalue weighted by Crippen LogP contribution is 2.43. The van der Waals surface area contributed by atoms with Crippen LogP contribution in [0.2, 0.25) is 0 Å². The van der Waals surface area contributed by atoms with E-state index in [1.54, 1.807) is 30.3 Å². The summed E-state index contributed by atoms with van der Waals surface area (Å²) in [6, 6.07) is 22.1. The molecule has 3 aromatic rings. The first-order valence-electron chi connectivity index (χ1n) is 13.0. The summed E-state index contributed by atoms with van der Waals surface area (Å²) >= 11 is 3.36. The van der Waals surface area contributed by atoms with Crippen molar-refractivity contribution >= 4 is 21.9 Å². The molecule has 1 aliphatic rings. The predicted octanol–water partition coefficient (Wildman–Crippen LogP) is 7.00. The number of unbranched alkanes of at least 4 members (excludes halogenated alkanes) is 4. The minimum Gasteiger partial charge on any atom is -0.494 e. The van der Waals surface area contributed by atoms with Gasteiger partial charge < -0.3 is 24.7 Å². The fraction of sp³-hybridized carbons (Fsp3) is 0.290. The Morgan fingerprint density at radius 1 is 0.949 bits per heavy atom. The lowest BCUT2D eigenvalue weighted by atomic mass is 9.83. The maximum absolute atomic E-state index is 12.4. The Kier molecular flexibility index (Phi) is 9.87. The second-order valence-corrected chi connectivity index (χ2v) is 10.1. The number of esters is 1. The summed E-state index contributed by atoms with van der Waals surface area (Å²) in [5.41, 5.74) is 8.07. The number of hydrogen-bond acceptors (Lipinski definition) is 7. The van der Waals surface area contributed by atoms with Crippen LogP contribution in [-0.2, 0) is 4.79 Å². The SMILES string of the molecule is CCCCCCCOc1ccc(C2C(C#N)=C(N)Oc3cc(OC(=O)COc4ccc(Br)cc4)ccc32)cc1. The van der Waals surface area contributed by atoms with E-state index >= 15 is 0 Å². The second-order valence-electron chi connectivity index (χ2n) is 9.17. The molecule has 39 heavy (non-hydrogen) atoms. The highest BCUT2D eigenvalue weighted by Gasteiger charge is 2.31. The Bertz CT molecular complexity index is 1350. The van der Waals surface area contributed by atoms with Gasteiger partial charge in [-0.3, -0.25) is 0 Å². The fourth-order valence-corrected chi connectivity index (χ4v) is 4.59. The van der Waals surface area contributed by atoms with Crippen LogP contribution < -0.4 is 24.7 Å². The molecule has 202 valence electrons. The highest BCUT2D eigenvalue weighted by molar-refractivity contribution is 9.10. The third-order valence-electron chi connectivity index (χ3n) is 6.32. The number of nitriles is 1. The average molecular weight is 592 g/mol. The number of rotatable bonds is 12. The quantitative estimate of drug-likeness (QED) is 0.137. The smallest absolute Gasteiger partial charge is 0.349 e. The van der Waals surface area contributed by atoms with Crippen LogP contribution in [0.5, 0.6) is 23.0 Å². The van der Waals surface area contributed by atoms with Crippen molar-refractivity contribution in [2.24, 2.45) is 5.73 Å². The van der Waals surface area contributed by atoms with Gasteiger partial charge in [0.2, 0.25) is 5.88 Å². The first-order chi connectivity index (χ1) is 19.0. The predicted molar refractivity (Wildman–Crippen MR) is 152 cm³/mol. The van der Waals surface area contributed by atoms with Crippen LogP contribution in [0.1, 0.15) is 56.1 Å². The van der Waals surface area contributed by atoms with Crippen LogP contribution in [0.4, 0.5) is 0 Å². The van der Waals surface area contributed by atoms with E-state index in [9.17, 15) is 10.1 Å². The van der Waals surface area contributed by atoms with Gasteiger partial charge >= 0.3 is 5.97 Å². The van der Waals surface area contributed by atoms with Crippen molar-refractivity contribution in [3.8, 4) is 29.1 Å². The largest absolute Gasteiger partial charge is 0.494 e. The second kappa shape index (κ2) is 13.7. The number of ether oxygens (including phenoxy) is 4. The zero-order valence-corrected chi connectivity index (χ0v) is 23.4. The molecule has 1 atom stereocenters. The molecule has 7 nitrogen and oxygen atoms in total. The van der Waals surface area contributed by atoms with Gasteiger partial charge in [-0.05, 0) is 54.4 Å². The van der Waals surface area contributed by atoms with Gasteiger partial charge in [-0.25, -0.2) is 4.79 Å². The van der Waals surface area contributed by atoms with E-state index in [-0.39, 0.29) is 18.2 Å². The number of halogens is 1. The van der Waals surface area contributed by atoms with Crippen LogP contribution in [0, 0.1) is 11.3 Å². The lowest BCUT2D eigenvalue weighted by Gasteiger charge is -2.26. The van der Waals surface area contributed by atoms with Crippen LogP contribution in [0.15, 0.2) is 82.7 Å². The summed E-state index contributed by atoms with van der Waals surface area (Å²) in [5, 5.41) is 9.84. The number of carbonyl (C=O) groups is 1. The van der Waals surface area contributed by atoms with Crippen LogP contribution in [-0.4, -0.2) is 19.2 Å². The minimum atomic E-state index is -0.563. The summed E-state index contributed by atoms with van der Waals surface area (Å²) in [4.78, 5) is 12.4. The Morgan fingerprint density at radius 2 is 1.62 bits per heavy atom. The Hall–Kier alpha value is -3.96. The lowest BCUT2D eigenvalue weighted by molar-refractivity contribution is -0.136. The molecule has 4 rings (SSSR count). The van der Waals surface area contributed by atoms with E-state index in [0.717, 1.165) is 34.2 Å². The van der Waals surface area contributed by atoms with E-state index < -0.39 is 11.9 Å². The topological polar surface area (TPSA) is 104 Å². The van der Waals surface area contributed by atoms with Crippen molar-refractivity contribution < 1.29 is 23.7 Å². The molecule has 0 aromatic heterocycles. The monoisotopic (exact) mass is 590 g/mol. The van der Waals surface area contributed by atoms with E-state index in [0.29, 0.717) is 23.7 Å². The van der Waals surface area contributed by atoms with Crippen LogP contribution >= 0.6 is 15.9 Å². The Balaban J connectivity index is 1.43. The van der Waals surface area contributed by atoms with Crippen molar-refractivity contribution in [3.63, 3.8) is 0 Å². The van der Waals surface area contributed by atoms with E-state index in [1.165, 1.54) is 19.3 Å². The fourth-order valence-electron chi connectivity index (χ4n) is 4.33. The molecule has 0 bridgehead atoms. The van der Waals surface area contributed by atoms with E-state index in [2.05, 4.69) is 28.9 Å². The number of nitrogens with zero attached hydrogens (tertiary/aromatic N) is 1. The summed E-state index contributed by atoms with van der Waals surface area (Å²) in [6.45, 7) is 2.62. The zero-order chi connectivity index (χ0) is 27.6. The lowest BCUT2D eigenvalue weighted by Crippen LogP contribution is -2.21. The Labute approximate surface area is 237 Å². The zero-order valence-electron chi connectivity index (χ0n) is 21.8. The Morgan fingerprint density at radius 3 is 2.33 bits per heavy atom. The molecule has 3 aromatic carbocycles. The summed E-state index contributed by atoms with van der Waals surface area (Å²) in [5.74, 6) is 1.07. The third-order valence-corrected chi connectivity index (χ3v) is 6.85. The summed E-state index contributed by atoms with van der Waals surface area (Å²) in [6.07, 6.45) is 5.89. The van der Waals surface area contributed by atoms with Crippen molar-refractivity contribution in [1.29, 1.82) is 5.26 Å². The molecule has 1 unspecified atom stereocenters. The first-order valence-corrected chi connectivity index (χ1v) is 13.8. The number of benzene rings is 3. The number of allylic oxidation sites excluding steroid dienone is 1. The molecule has 0 fully saturated rings. The van der Waals surface area contributed by atoms with Crippen molar-refractivity contribution in [2.45, 2.75) is 44.9 Å². The molecule has 0 amide bonds. The van der Waals surface area contributed by atoms with Crippen molar-refractivity contribution in [2.75, 3.05) is 13.2 Å². The van der Waals surface area contributed by atoms with Gasteiger partial charge in [-0.15, -0.1) is 0 Å². The number of hydrogen-bond donors (Lipinski definition) is 1. The standard InChI is InChI=1S/C31H31BrN2O5/c1-2-3-4-5-6-17-36-23-11-7-21(8-12-23)30-26-16-15-25(18-28(26)39-31(34)27(30)19-33)38-29(35)20-37-24-13-9-22(32)10-14-24/h7-16,18,30H,2-6,17,20,34H2,1H3.